The van der Waals surface area contributed by atoms with Crippen LogP contribution in [0.5, 0.6) is 11.5 Å². The Kier molecular flexibility index (Phi) is 5.85. The van der Waals surface area contributed by atoms with Crippen LogP contribution in [0.4, 0.5) is 10.5 Å². The molecular weight excluding hydrogens is 410 g/mol. The summed E-state index contributed by atoms with van der Waals surface area (Å²) in [4.78, 5) is 27.8. The zero-order valence-corrected chi connectivity index (χ0v) is 17.3. The lowest BCUT2D eigenvalue weighted by Gasteiger charge is -2.33. The number of phenolic OH excluding ortho intramolecular Hbond substituents is 1. The lowest BCUT2D eigenvalue weighted by molar-refractivity contribution is -0.386. The third-order valence-corrected chi connectivity index (χ3v) is 5.29. The summed E-state index contributed by atoms with van der Waals surface area (Å²) in [7, 11) is 0. The molecule has 162 valence electrons. The van der Waals surface area contributed by atoms with Crippen LogP contribution in [0.15, 0.2) is 77.8 Å². The fourth-order valence-corrected chi connectivity index (χ4v) is 3.92. The predicted molar refractivity (Wildman–Crippen MR) is 119 cm³/mol. The lowest BCUT2D eigenvalue weighted by atomic mass is 9.80. The highest BCUT2D eigenvalue weighted by Crippen LogP contribution is 2.43. The van der Waals surface area contributed by atoms with Gasteiger partial charge in [-0.2, -0.15) is 4.99 Å². The second-order valence-electron chi connectivity index (χ2n) is 7.26. The minimum atomic E-state index is -0.671. The monoisotopic (exact) mass is 431 g/mol. The Balaban J connectivity index is 1.92. The molecule has 32 heavy (non-hydrogen) atoms. The smallest absolute Gasteiger partial charge is 0.341 e. The molecule has 1 heterocycles. The van der Waals surface area contributed by atoms with Crippen molar-refractivity contribution in [1.29, 1.82) is 0 Å². The average molecular weight is 431 g/mol. The first kappa shape index (κ1) is 21.0. The fourth-order valence-electron chi connectivity index (χ4n) is 3.92. The third kappa shape index (κ3) is 4.02. The van der Waals surface area contributed by atoms with Gasteiger partial charge in [0, 0.05) is 6.07 Å². The van der Waals surface area contributed by atoms with Crippen LogP contribution in [0, 0.1) is 10.1 Å². The molecule has 0 saturated carbocycles. The Labute approximate surface area is 184 Å². The number of hydrogen-bond donors (Lipinski definition) is 2. The topological polar surface area (TPSA) is 114 Å². The Morgan fingerprint density at radius 3 is 2.34 bits per heavy atom. The first-order valence-electron chi connectivity index (χ1n) is 10.1. The maximum absolute atomic E-state index is 12.6. The number of urea groups is 1. The van der Waals surface area contributed by atoms with Crippen molar-refractivity contribution >= 4 is 17.4 Å². The molecule has 0 aliphatic carbocycles. The second-order valence-corrected chi connectivity index (χ2v) is 7.26. The van der Waals surface area contributed by atoms with Gasteiger partial charge in [-0.1, -0.05) is 60.7 Å². The highest BCUT2D eigenvalue weighted by Gasteiger charge is 2.37. The zero-order chi connectivity index (χ0) is 22.7. The quantitative estimate of drug-likeness (QED) is 0.432. The number of nitro benzene ring substituents is 1. The molecule has 3 aromatic carbocycles. The minimum absolute atomic E-state index is 0.0125. The van der Waals surface area contributed by atoms with Gasteiger partial charge in [-0.15, -0.1) is 0 Å². The van der Waals surface area contributed by atoms with E-state index in [0.29, 0.717) is 11.3 Å². The van der Waals surface area contributed by atoms with Gasteiger partial charge < -0.3 is 15.2 Å². The highest BCUT2D eigenvalue weighted by molar-refractivity contribution is 6.12. The summed E-state index contributed by atoms with van der Waals surface area (Å²) < 4.78 is 5.44. The van der Waals surface area contributed by atoms with E-state index in [1.807, 2.05) is 60.7 Å². The number of rotatable bonds is 6. The van der Waals surface area contributed by atoms with Crippen molar-refractivity contribution in [2.75, 3.05) is 6.61 Å². The maximum atomic E-state index is 12.6. The van der Waals surface area contributed by atoms with Crippen LogP contribution in [-0.2, 0) is 0 Å². The van der Waals surface area contributed by atoms with Gasteiger partial charge >= 0.3 is 11.7 Å². The summed E-state index contributed by atoms with van der Waals surface area (Å²) in [5.74, 6) is -0.979. The molecule has 2 N–H and O–H groups in total. The number of aliphatic imine (C=N–C) groups is 1. The van der Waals surface area contributed by atoms with Crippen molar-refractivity contribution in [3.8, 4) is 11.5 Å². The molecule has 0 fully saturated rings. The van der Waals surface area contributed by atoms with E-state index in [-0.39, 0.29) is 12.4 Å². The molecule has 1 aliphatic rings. The van der Waals surface area contributed by atoms with E-state index in [1.54, 1.807) is 6.92 Å². The summed E-state index contributed by atoms with van der Waals surface area (Å²) in [6, 6.07) is 20.4. The highest BCUT2D eigenvalue weighted by atomic mass is 16.6. The molecule has 4 rings (SSSR count). The van der Waals surface area contributed by atoms with Crippen molar-refractivity contribution in [2.45, 2.75) is 18.9 Å². The molecule has 8 nitrogen and oxygen atoms in total. The van der Waals surface area contributed by atoms with E-state index in [4.69, 9.17) is 4.74 Å². The number of hydrogen-bond acceptors (Lipinski definition) is 5. The Morgan fingerprint density at radius 2 is 1.72 bits per heavy atom. The van der Waals surface area contributed by atoms with Crippen molar-refractivity contribution in [3.63, 3.8) is 0 Å². The third-order valence-electron chi connectivity index (χ3n) is 5.29. The number of carbonyl (C=O) groups excluding carboxylic acids is 1. The van der Waals surface area contributed by atoms with Crippen molar-refractivity contribution in [1.82, 2.24) is 5.32 Å². The number of aromatic hydroxyl groups is 1. The average Bonchev–Trinajstić information content (AvgIpc) is 2.81. The summed E-state index contributed by atoms with van der Waals surface area (Å²) in [5.41, 5.74) is 2.16. The largest absolute Gasteiger partial charge is 0.500 e. The Hall–Kier alpha value is -4.20. The molecule has 8 heteroatoms. The summed E-state index contributed by atoms with van der Waals surface area (Å²) in [6.07, 6.45) is 0. The Morgan fingerprint density at radius 1 is 1.06 bits per heavy atom. The van der Waals surface area contributed by atoms with Crippen LogP contribution in [0.1, 0.15) is 35.6 Å². The number of amides is 2. The first-order valence-corrected chi connectivity index (χ1v) is 10.1. The number of nitrogens with one attached hydrogen (secondary N) is 1. The molecule has 1 unspecified atom stereocenters. The molecule has 2 atom stereocenters. The van der Waals surface area contributed by atoms with Crippen LogP contribution in [0.25, 0.3) is 0 Å². The summed E-state index contributed by atoms with van der Waals surface area (Å²) >= 11 is 0. The summed E-state index contributed by atoms with van der Waals surface area (Å²) in [6.45, 7) is 1.93. The van der Waals surface area contributed by atoms with Gasteiger partial charge in [0.1, 0.15) is 0 Å². The molecule has 0 spiro atoms. The van der Waals surface area contributed by atoms with Gasteiger partial charge in [-0.05, 0) is 29.7 Å². The van der Waals surface area contributed by atoms with E-state index in [0.717, 1.165) is 11.1 Å². The molecule has 1 aliphatic heterocycles. The number of carbonyl (C=O) groups is 1. The first-order chi connectivity index (χ1) is 15.5. The molecule has 0 saturated heterocycles. The number of nitro groups is 1. The van der Waals surface area contributed by atoms with Gasteiger partial charge in [0.15, 0.2) is 5.75 Å². The Bertz CT molecular complexity index is 1180. The molecule has 3 aromatic rings. The number of benzene rings is 3. The second kappa shape index (κ2) is 8.89. The van der Waals surface area contributed by atoms with Gasteiger partial charge in [0.2, 0.25) is 5.75 Å². The molecule has 0 bridgehead atoms. The van der Waals surface area contributed by atoms with Gasteiger partial charge in [0.25, 0.3) is 0 Å². The maximum Gasteiger partial charge on any atom is 0.341 e. The minimum Gasteiger partial charge on any atom is -0.500 e. The molecule has 0 aromatic heterocycles. The predicted octanol–water partition coefficient (Wildman–Crippen LogP) is 4.74. The van der Waals surface area contributed by atoms with Crippen LogP contribution in [0.2, 0.25) is 0 Å². The van der Waals surface area contributed by atoms with E-state index < -0.39 is 34.4 Å². The van der Waals surface area contributed by atoms with E-state index in [2.05, 4.69) is 10.3 Å². The van der Waals surface area contributed by atoms with Crippen LogP contribution in [-0.4, -0.2) is 28.4 Å². The fraction of sp³-hybridized carbons (Fsp3) is 0.167. The van der Waals surface area contributed by atoms with Crippen LogP contribution >= 0.6 is 0 Å². The number of phenols is 1. The van der Waals surface area contributed by atoms with Gasteiger partial charge in [-0.3, -0.25) is 10.1 Å². The molecular formula is C24H21N3O5. The summed E-state index contributed by atoms with van der Waals surface area (Å²) in [5, 5.41) is 24.7. The van der Waals surface area contributed by atoms with Crippen molar-refractivity contribution < 1.29 is 19.6 Å². The number of ether oxygens (including phenoxy) is 1. The van der Waals surface area contributed by atoms with Gasteiger partial charge in [0.05, 0.1) is 29.2 Å². The van der Waals surface area contributed by atoms with E-state index in [9.17, 15) is 20.0 Å². The molecule has 2 amide bonds. The van der Waals surface area contributed by atoms with Crippen LogP contribution < -0.4 is 10.1 Å². The van der Waals surface area contributed by atoms with Crippen molar-refractivity contribution in [2.24, 2.45) is 4.99 Å². The zero-order valence-electron chi connectivity index (χ0n) is 17.3. The van der Waals surface area contributed by atoms with E-state index in [1.165, 1.54) is 12.1 Å². The SMILES string of the molecule is CCOc1cc([C@@H]2NC(=O)N=C(c3ccccc3)C2c2ccccc2)cc([N+](=O)[O-])c1O. The van der Waals surface area contributed by atoms with Crippen LogP contribution in [0.3, 0.4) is 0 Å². The normalized spacial score (nSPS) is 17.9. The van der Waals surface area contributed by atoms with E-state index >= 15 is 0 Å². The number of nitrogens with zero attached hydrogens (tertiary/aromatic N) is 2. The standard InChI is InChI=1S/C24H21N3O5/c1-2-32-19-14-17(13-18(23(19)28)27(30)31)22-20(15-9-5-3-6-10-15)21(25-24(29)26-22)16-11-7-4-8-12-16/h3-14,20,22,28H,2H2,1H3,(H,26,29)/t20?,22-/m0/s1. The molecule has 0 radical (unpaired) electrons. The van der Waals surface area contributed by atoms with Crippen molar-refractivity contribution in [3.05, 3.63) is 99.6 Å². The van der Waals surface area contributed by atoms with Gasteiger partial charge in [-0.25, -0.2) is 4.79 Å². The lowest BCUT2D eigenvalue weighted by Crippen LogP contribution is -2.40.